The number of hydrogen-bond donors (Lipinski definition) is 3. The lowest BCUT2D eigenvalue weighted by Crippen LogP contribution is -2.25. The molecule has 122 valence electrons. The summed E-state index contributed by atoms with van der Waals surface area (Å²) in [7, 11) is 1.54. The van der Waals surface area contributed by atoms with Gasteiger partial charge in [-0.15, -0.1) is 0 Å². The molecule has 4 N–H and O–H groups in total. The Balaban J connectivity index is 1.71. The minimum Gasteiger partial charge on any atom is -0.495 e. The highest BCUT2D eigenvalue weighted by Crippen LogP contribution is 2.24. The molecule has 7 heteroatoms. The molecule has 2 aromatic rings. The van der Waals surface area contributed by atoms with E-state index in [1.807, 2.05) is 5.38 Å². The SMILES string of the molecule is COc1ccc(NC(=O)CCCNC(=O)c2ccsc2)cc1N. The van der Waals surface area contributed by atoms with Gasteiger partial charge in [-0.05, 0) is 36.1 Å². The van der Waals surface area contributed by atoms with Crippen molar-refractivity contribution in [2.45, 2.75) is 12.8 Å². The first-order valence-corrected chi connectivity index (χ1v) is 8.08. The second-order valence-electron chi connectivity index (χ2n) is 4.88. The topological polar surface area (TPSA) is 93.5 Å². The molecule has 1 heterocycles. The van der Waals surface area contributed by atoms with Crippen molar-refractivity contribution in [1.82, 2.24) is 5.32 Å². The molecule has 0 atom stereocenters. The van der Waals surface area contributed by atoms with Crippen LogP contribution in [0, 0.1) is 0 Å². The summed E-state index contributed by atoms with van der Waals surface area (Å²) in [6.45, 7) is 0.451. The smallest absolute Gasteiger partial charge is 0.252 e. The van der Waals surface area contributed by atoms with Crippen molar-refractivity contribution in [3.63, 3.8) is 0 Å². The highest BCUT2D eigenvalue weighted by Gasteiger charge is 2.07. The zero-order chi connectivity index (χ0) is 16.7. The van der Waals surface area contributed by atoms with Gasteiger partial charge in [-0.3, -0.25) is 9.59 Å². The number of carbonyl (C=O) groups is 2. The zero-order valence-corrected chi connectivity index (χ0v) is 13.6. The van der Waals surface area contributed by atoms with Crippen molar-refractivity contribution < 1.29 is 14.3 Å². The van der Waals surface area contributed by atoms with Crippen LogP contribution in [0.1, 0.15) is 23.2 Å². The van der Waals surface area contributed by atoms with Crippen LogP contribution in [0.3, 0.4) is 0 Å². The maximum Gasteiger partial charge on any atom is 0.252 e. The molecular formula is C16H19N3O3S. The summed E-state index contributed by atoms with van der Waals surface area (Å²) in [4.78, 5) is 23.6. The largest absolute Gasteiger partial charge is 0.495 e. The van der Waals surface area contributed by atoms with Gasteiger partial charge in [0.05, 0.1) is 12.8 Å². The number of ether oxygens (including phenoxy) is 1. The van der Waals surface area contributed by atoms with Crippen LogP contribution in [0.15, 0.2) is 35.0 Å². The van der Waals surface area contributed by atoms with Crippen LogP contribution in [-0.2, 0) is 4.79 Å². The Morgan fingerprint density at radius 2 is 2.13 bits per heavy atom. The predicted molar refractivity (Wildman–Crippen MR) is 91.9 cm³/mol. The summed E-state index contributed by atoms with van der Waals surface area (Å²) in [5, 5.41) is 9.18. The van der Waals surface area contributed by atoms with Gasteiger partial charge in [-0.25, -0.2) is 0 Å². The Morgan fingerprint density at radius 3 is 2.78 bits per heavy atom. The van der Waals surface area contributed by atoms with E-state index >= 15 is 0 Å². The molecular weight excluding hydrogens is 314 g/mol. The van der Waals surface area contributed by atoms with Crippen molar-refractivity contribution in [3.8, 4) is 5.75 Å². The molecule has 0 saturated heterocycles. The number of thiophene rings is 1. The first-order valence-electron chi connectivity index (χ1n) is 7.14. The highest BCUT2D eigenvalue weighted by molar-refractivity contribution is 7.08. The van der Waals surface area contributed by atoms with Gasteiger partial charge in [0.1, 0.15) is 5.75 Å². The number of nitrogens with two attached hydrogens (primary N) is 1. The average molecular weight is 333 g/mol. The Labute approximate surface area is 138 Å². The lowest BCUT2D eigenvalue weighted by molar-refractivity contribution is -0.116. The van der Waals surface area contributed by atoms with Gasteiger partial charge in [0, 0.05) is 29.6 Å². The fraction of sp³-hybridized carbons (Fsp3) is 0.250. The van der Waals surface area contributed by atoms with Gasteiger partial charge in [0.2, 0.25) is 5.91 Å². The normalized spacial score (nSPS) is 10.1. The molecule has 0 saturated carbocycles. The summed E-state index contributed by atoms with van der Waals surface area (Å²) in [6, 6.07) is 6.84. The average Bonchev–Trinajstić information content (AvgIpc) is 3.06. The van der Waals surface area contributed by atoms with E-state index in [1.54, 1.807) is 29.6 Å². The first kappa shape index (κ1) is 16.8. The van der Waals surface area contributed by atoms with Crippen LogP contribution < -0.4 is 21.1 Å². The van der Waals surface area contributed by atoms with Crippen molar-refractivity contribution in [1.29, 1.82) is 0 Å². The van der Waals surface area contributed by atoms with Crippen molar-refractivity contribution >= 4 is 34.5 Å². The Hall–Kier alpha value is -2.54. The quantitative estimate of drug-likeness (QED) is 0.536. The lowest BCUT2D eigenvalue weighted by Gasteiger charge is -2.09. The number of anilines is 2. The van der Waals surface area contributed by atoms with E-state index in [2.05, 4.69) is 10.6 Å². The molecule has 0 unspecified atom stereocenters. The van der Waals surface area contributed by atoms with Crippen LogP contribution >= 0.6 is 11.3 Å². The fourth-order valence-corrected chi connectivity index (χ4v) is 2.62. The summed E-state index contributed by atoms with van der Waals surface area (Å²) in [5.41, 5.74) is 7.52. The molecule has 0 fully saturated rings. The van der Waals surface area contributed by atoms with Crippen LogP contribution in [-0.4, -0.2) is 25.5 Å². The monoisotopic (exact) mass is 333 g/mol. The molecule has 0 spiro atoms. The van der Waals surface area contributed by atoms with Crippen LogP contribution in [0.25, 0.3) is 0 Å². The van der Waals surface area contributed by atoms with E-state index < -0.39 is 0 Å². The van der Waals surface area contributed by atoms with E-state index in [0.29, 0.717) is 42.1 Å². The Bertz CT molecular complexity index is 671. The highest BCUT2D eigenvalue weighted by atomic mass is 32.1. The van der Waals surface area contributed by atoms with Gasteiger partial charge in [0.25, 0.3) is 5.91 Å². The number of rotatable bonds is 7. The van der Waals surface area contributed by atoms with E-state index in [9.17, 15) is 9.59 Å². The fourth-order valence-electron chi connectivity index (χ4n) is 1.98. The van der Waals surface area contributed by atoms with Crippen molar-refractivity contribution in [2.24, 2.45) is 0 Å². The minimum atomic E-state index is -0.126. The third kappa shape index (κ3) is 5.00. The molecule has 1 aromatic carbocycles. The third-order valence-corrected chi connectivity index (χ3v) is 3.85. The van der Waals surface area contributed by atoms with Gasteiger partial charge in [-0.1, -0.05) is 0 Å². The molecule has 0 aliphatic rings. The van der Waals surface area contributed by atoms with Crippen molar-refractivity contribution in [2.75, 3.05) is 24.7 Å². The number of nitrogen functional groups attached to an aromatic ring is 1. The zero-order valence-electron chi connectivity index (χ0n) is 12.8. The molecule has 2 amide bonds. The third-order valence-electron chi connectivity index (χ3n) is 3.16. The van der Waals surface area contributed by atoms with Crippen LogP contribution in [0.5, 0.6) is 5.75 Å². The lowest BCUT2D eigenvalue weighted by atomic mass is 10.2. The second kappa shape index (κ2) is 8.19. The molecule has 0 bridgehead atoms. The van der Waals surface area contributed by atoms with Crippen LogP contribution in [0.2, 0.25) is 0 Å². The molecule has 2 rings (SSSR count). The summed E-state index contributed by atoms with van der Waals surface area (Å²) < 4.78 is 5.06. The summed E-state index contributed by atoms with van der Waals surface area (Å²) >= 11 is 1.47. The maximum absolute atomic E-state index is 11.9. The molecule has 0 aliphatic carbocycles. The number of nitrogens with one attached hydrogen (secondary N) is 2. The van der Waals surface area contributed by atoms with Crippen LogP contribution in [0.4, 0.5) is 11.4 Å². The van der Waals surface area contributed by atoms with E-state index in [1.165, 1.54) is 18.4 Å². The Morgan fingerprint density at radius 1 is 1.30 bits per heavy atom. The number of carbonyl (C=O) groups excluding carboxylic acids is 2. The predicted octanol–water partition coefficient (Wildman–Crippen LogP) is 2.49. The van der Waals surface area contributed by atoms with Gasteiger partial charge in [0.15, 0.2) is 0 Å². The van der Waals surface area contributed by atoms with Gasteiger partial charge >= 0.3 is 0 Å². The first-order chi connectivity index (χ1) is 11.1. The van der Waals surface area contributed by atoms with E-state index in [4.69, 9.17) is 10.5 Å². The standard InChI is InChI=1S/C16H19N3O3S/c1-22-14-5-4-12(9-13(14)17)19-15(20)3-2-7-18-16(21)11-6-8-23-10-11/h4-6,8-10H,2-3,7,17H2,1H3,(H,18,21)(H,19,20). The van der Waals surface area contributed by atoms with Crippen molar-refractivity contribution in [3.05, 3.63) is 40.6 Å². The number of amides is 2. The number of hydrogen-bond acceptors (Lipinski definition) is 5. The number of benzene rings is 1. The van der Waals surface area contributed by atoms with Gasteiger partial charge < -0.3 is 21.1 Å². The summed E-state index contributed by atoms with van der Waals surface area (Å²) in [5.74, 6) is 0.327. The maximum atomic E-state index is 11.9. The second-order valence-corrected chi connectivity index (χ2v) is 5.66. The molecule has 6 nitrogen and oxygen atoms in total. The van der Waals surface area contributed by atoms with E-state index in [-0.39, 0.29) is 11.8 Å². The molecule has 23 heavy (non-hydrogen) atoms. The molecule has 0 radical (unpaired) electrons. The number of methoxy groups -OCH3 is 1. The van der Waals surface area contributed by atoms with E-state index in [0.717, 1.165) is 0 Å². The minimum absolute atomic E-state index is 0.116. The Kier molecular flexibility index (Phi) is 5.99. The molecule has 1 aromatic heterocycles. The molecule has 0 aliphatic heterocycles. The summed E-state index contributed by atoms with van der Waals surface area (Å²) in [6.07, 6.45) is 0.878. The van der Waals surface area contributed by atoms with Gasteiger partial charge in [-0.2, -0.15) is 11.3 Å².